The number of ether oxygens (including phenoxy) is 4. The minimum absolute atomic E-state index is 0.179. The van der Waals surface area contributed by atoms with Crippen molar-refractivity contribution in [2.24, 2.45) is 0 Å². The maximum Gasteiger partial charge on any atom is 0.330 e. The van der Waals surface area contributed by atoms with E-state index in [0.717, 1.165) is 23.3 Å². The molecule has 0 bridgehead atoms. The van der Waals surface area contributed by atoms with Gasteiger partial charge in [-0.25, -0.2) is 9.59 Å². The maximum absolute atomic E-state index is 11.2. The average Bonchev–Trinajstić information content (AvgIpc) is 2.81. The maximum atomic E-state index is 11.2. The van der Waals surface area contributed by atoms with Crippen molar-refractivity contribution >= 4 is 11.9 Å². The molecule has 0 saturated heterocycles. The quantitative estimate of drug-likeness (QED) is 0.349. The molecule has 2 atom stereocenters. The zero-order valence-electron chi connectivity index (χ0n) is 18.8. The second kappa shape index (κ2) is 12.3. The Hall–Kier alpha value is -3.54. The standard InChI is InChI=1S/C26H30O6/c1-6-25(27)31-18(3)16-29-23-12-8-21(9-13-23)20(5)22-10-14-24(15-11-22)30-17-19(4)32-26(28)7-2/h6-15,18-20H,1-2,16-17H2,3-5H3. The van der Waals surface area contributed by atoms with E-state index in [9.17, 15) is 9.59 Å². The van der Waals surface area contributed by atoms with Crippen molar-refractivity contribution in [1.29, 1.82) is 0 Å². The number of benzene rings is 2. The minimum Gasteiger partial charge on any atom is -0.490 e. The highest BCUT2D eigenvalue weighted by Gasteiger charge is 2.12. The lowest BCUT2D eigenvalue weighted by Gasteiger charge is -2.16. The Morgan fingerprint density at radius 2 is 1.06 bits per heavy atom. The monoisotopic (exact) mass is 438 g/mol. The topological polar surface area (TPSA) is 71.1 Å². The Labute approximate surface area is 189 Å². The number of esters is 2. The largest absolute Gasteiger partial charge is 0.490 e. The van der Waals surface area contributed by atoms with Crippen molar-refractivity contribution in [1.82, 2.24) is 0 Å². The molecule has 0 amide bonds. The molecule has 6 nitrogen and oxygen atoms in total. The van der Waals surface area contributed by atoms with Gasteiger partial charge in [0.25, 0.3) is 0 Å². The second-order valence-corrected chi connectivity index (χ2v) is 7.39. The summed E-state index contributed by atoms with van der Waals surface area (Å²) in [7, 11) is 0. The van der Waals surface area contributed by atoms with Crippen LogP contribution in [0, 0.1) is 0 Å². The molecule has 2 aromatic rings. The van der Waals surface area contributed by atoms with E-state index in [0.29, 0.717) is 11.5 Å². The van der Waals surface area contributed by atoms with Gasteiger partial charge in [0.2, 0.25) is 0 Å². The molecule has 2 aromatic carbocycles. The zero-order chi connectivity index (χ0) is 23.5. The van der Waals surface area contributed by atoms with Crippen LogP contribution < -0.4 is 9.47 Å². The van der Waals surface area contributed by atoms with Gasteiger partial charge in [-0.2, -0.15) is 0 Å². The van der Waals surface area contributed by atoms with Crippen LogP contribution in [-0.4, -0.2) is 37.4 Å². The molecule has 0 radical (unpaired) electrons. The SMILES string of the molecule is C=CC(=O)OC(C)COc1ccc(C(C)c2ccc(OCC(C)OC(=O)C=C)cc2)cc1. The fraction of sp³-hybridized carbons (Fsp3) is 0.308. The highest BCUT2D eigenvalue weighted by Crippen LogP contribution is 2.27. The lowest BCUT2D eigenvalue weighted by Crippen LogP contribution is -2.20. The fourth-order valence-corrected chi connectivity index (χ4v) is 2.89. The van der Waals surface area contributed by atoms with Crippen LogP contribution in [0.5, 0.6) is 11.5 Å². The summed E-state index contributed by atoms with van der Waals surface area (Å²) < 4.78 is 21.5. The van der Waals surface area contributed by atoms with Gasteiger partial charge in [-0.05, 0) is 49.2 Å². The third kappa shape index (κ3) is 7.95. The molecule has 2 unspecified atom stereocenters. The number of hydrogen-bond donors (Lipinski definition) is 0. The first-order valence-electron chi connectivity index (χ1n) is 10.4. The number of carbonyl (C=O) groups is 2. The molecular weight excluding hydrogens is 408 g/mol. The third-order valence-corrected chi connectivity index (χ3v) is 4.70. The lowest BCUT2D eigenvalue weighted by atomic mass is 9.93. The van der Waals surface area contributed by atoms with Gasteiger partial charge in [0, 0.05) is 18.1 Å². The molecule has 0 saturated carbocycles. The van der Waals surface area contributed by atoms with Crippen molar-refractivity contribution in [3.8, 4) is 11.5 Å². The van der Waals surface area contributed by atoms with Crippen LogP contribution >= 0.6 is 0 Å². The van der Waals surface area contributed by atoms with Crippen LogP contribution in [0.25, 0.3) is 0 Å². The molecule has 32 heavy (non-hydrogen) atoms. The molecule has 0 fully saturated rings. The molecule has 2 rings (SSSR count). The van der Waals surface area contributed by atoms with Crippen LogP contribution in [0.15, 0.2) is 73.8 Å². The third-order valence-electron chi connectivity index (χ3n) is 4.70. The second-order valence-electron chi connectivity index (χ2n) is 7.39. The van der Waals surface area contributed by atoms with Gasteiger partial charge in [-0.15, -0.1) is 0 Å². The summed E-state index contributed by atoms with van der Waals surface area (Å²) in [4.78, 5) is 22.4. The molecule has 0 aliphatic carbocycles. The first-order valence-corrected chi connectivity index (χ1v) is 10.4. The van der Waals surface area contributed by atoms with Crippen molar-refractivity contribution in [2.75, 3.05) is 13.2 Å². The number of rotatable bonds is 12. The normalized spacial score (nSPS) is 13.2. The Morgan fingerprint density at radius 1 is 0.719 bits per heavy atom. The van der Waals surface area contributed by atoms with E-state index in [2.05, 4.69) is 20.1 Å². The van der Waals surface area contributed by atoms with Crippen molar-refractivity contribution in [3.05, 3.63) is 85.0 Å². The summed E-state index contributed by atoms with van der Waals surface area (Å²) in [6, 6.07) is 15.7. The molecule has 0 heterocycles. The van der Waals surface area contributed by atoms with Crippen LogP contribution in [0.2, 0.25) is 0 Å². The van der Waals surface area contributed by atoms with Crippen LogP contribution in [-0.2, 0) is 19.1 Å². The van der Waals surface area contributed by atoms with E-state index in [4.69, 9.17) is 18.9 Å². The molecule has 0 aliphatic rings. The summed E-state index contributed by atoms with van der Waals surface area (Å²) in [5.74, 6) is 0.660. The van der Waals surface area contributed by atoms with E-state index < -0.39 is 11.9 Å². The lowest BCUT2D eigenvalue weighted by molar-refractivity contribution is -0.144. The Morgan fingerprint density at radius 3 is 1.38 bits per heavy atom. The number of hydrogen-bond acceptors (Lipinski definition) is 6. The van der Waals surface area contributed by atoms with Crippen LogP contribution in [0.1, 0.15) is 37.8 Å². The van der Waals surface area contributed by atoms with E-state index >= 15 is 0 Å². The van der Waals surface area contributed by atoms with Gasteiger partial charge >= 0.3 is 11.9 Å². The number of carbonyl (C=O) groups excluding carboxylic acids is 2. The fourth-order valence-electron chi connectivity index (χ4n) is 2.89. The molecule has 0 spiro atoms. The van der Waals surface area contributed by atoms with Crippen LogP contribution in [0.3, 0.4) is 0 Å². The summed E-state index contributed by atoms with van der Waals surface area (Å²) in [6.45, 7) is 12.9. The van der Waals surface area contributed by atoms with Gasteiger partial charge in [0.1, 0.15) is 36.9 Å². The molecule has 0 aliphatic heterocycles. The Bertz CT molecular complexity index is 825. The predicted octanol–water partition coefficient (Wildman–Crippen LogP) is 4.83. The van der Waals surface area contributed by atoms with Crippen molar-refractivity contribution in [2.45, 2.75) is 38.9 Å². The van der Waals surface area contributed by atoms with Gasteiger partial charge in [-0.3, -0.25) is 0 Å². The van der Waals surface area contributed by atoms with Crippen molar-refractivity contribution < 1.29 is 28.5 Å². The summed E-state index contributed by atoms with van der Waals surface area (Å²) in [5, 5.41) is 0. The predicted molar refractivity (Wildman–Crippen MR) is 123 cm³/mol. The van der Waals surface area contributed by atoms with Crippen LogP contribution in [0.4, 0.5) is 0 Å². The van der Waals surface area contributed by atoms with E-state index in [1.807, 2.05) is 48.5 Å². The van der Waals surface area contributed by atoms with Gasteiger partial charge in [-0.1, -0.05) is 44.3 Å². The summed E-state index contributed by atoms with van der Waals surface area (Å²) in [6.07, 6.45) is 1.54. The molecule has 170 valence electrons. The van der Waals surface area contributed by atoms with E-state index in [1.54, 1.807) is 13.8 Å². The molecule has 0 N–H and O–H groups in total. The summed E-state index contributed by atoms with van der Waals surface area (Å²) >= 11 is 0. The van der Waals surface area contributed by atoms with Gasteiger partial charge < -0.3 is 18.9 Å². The van der Waals surface area contributed by atoms with Gasteiger partial charge in [0.15, 0.2) is 0 Å². The van der Waals surface area contributed by atoms with Gasteiger partial charge in [0.05, 0.1) is 0 Å². The summed E-state index contributed by atoms with van der Waals surface area (Å²) in [5.41, 5.74) is 2.28. The molecule has 0 aromatic heterocycles. The molecular formula is C26H30O6. The first-order chi connectivity index (χ1) is 15.3. The Balaban J connectivity index is 1.87. The highest BCUT2D eigenvalue weighted by atomic mass is 16.6. The zero-order valence-corrected chi connectivity index (χ0v) is 18.8. The smallest absolute Gasteiger partial charge is 0.330 e. The Kier molecular flexibility index (Phi) is 9.54. The average molecular weight is 439 g/mol. The van der Waals surface area contributed by atoms with Crippen molar-refractivity contribution in [3.63, 3.8) is 0 Å². The van der Waals surface area contributed by atoms with E-state index in [-0.39, 0.29) is 31.3 Å². The first kappa shape index (κ1) is 24.7. The van der Waals surface area contributed by atoms with E-state index in [1.165, 1.54) is 0 Å². The molecule has 6 heteroatoms. The highest BCUT2D eigenvalue weighted by molar-refractivity contribution is 5.81. The minimum atomic E-state index is -0.465.